The molecular weight excluding hydrogens is 240 g/mol. The van der Waals surface area contributed by atoms with Crippen molar-refractivity contribution in [3.63, 3.8) is 0 Å². The molecule has 0 aromatic rings. The molecule has 0 aromatic carbocycles. The van der Waals surface area contributed by atoms with Crippen LogP contribution in [0.1, 0.15) is 20.8 Å². The van der Waals surface area contributed by atoms with Crippen molar-refractivity contribution in [2.45, 2.75) is 26.4 Å². The van der Waals surface area contributed by atoms with Crippen molar-refractivity contribution < 1.29 is 24.2 Å². The molecule has 1 saturated heterocycles. The van der Waals surface area contributed by atoms with Gasteiger partial charge in [-0.3, -0.25) is 14.6 Å². The number of amides is 2. The van der Waals surface area contributed by atoms with Crippen molar-refractivity contribution >= 4 is 18.0 Å². The average Bonchev–Trinajstić information content (AvgIpc) is 2.37. The van der Waals surface area contributed by atoms with Gasteiger partial charge in [0.1, 0.15) is 5.60 Å². The summed E-state index contributed by atoms with van der Waals surface area (Å²) in [6.07, 6.45) is -1.75. The molecule has 1 rings (SSSR count). The maximum atomic E-state index is 11.8. The van der Waals surface area contributed by atoms with E-state index >= 15 is 0 Å². The minimum atomic E-state index is -1.16. The average molecular weight is 258 g/mol. The summed E-state index contributed by atoms with van der Waals surface area (Å²) in [6, 6.07) is 0. The Labute approximate surface area is 105 Å². The lowest BCUT2D eigenvalue weighted by atomic mass is 10.2. The van der Waals surface area contributed by atoms with Gasteiger partial charge in [-0.15, -0.1) is 0 Å². The highest BCUT2D eigenvalue weighted by Gasteiger charge is 2.29. The van der Waals surface area contributed by atoms with E-state index in [4.69, 9.17) is 9.84 Å². The summed E-state index contributed by atoms with van der Waals surface area (Å²) in [7, 11) is 0. The van der Waals surface area contributed by atoms with Crippen molar-refractivity contribution in [2.75, 3.05) is 26.2 Å². The van der Waals surface area contributed by atoms with Crippen LogP contribution in [0.4, 0.5) is 9.59 Å². The van der Waals surface area contributed by atoms with Crippen LogP contribution in [-0.2, 0) is 9.53 Å². The lowest BCUT2D eigenvalue weighted by Crippen LogP contribution is -2.40. The fourth-order valence-electron chi connectivity index (χ4n) is 1.52. The molecule has 18 heavy (non-hydrogen) atoms. The number of carboxylic acid groups (broad SMARTS) is 1. The summed E-state index contributed by atoms with van der Waals surface area (Å²) >= 11 is 0. The van der Waals surface area contributed by atoms with E-state index in [1.54, 1.807) is 20.8 Å². The van der Waals surface area contributed by atoms with Gasteiger partial charge in [0, 0.05) is 13.1 Å². The van der Waals surface area contributed by atoms with Crippen LogP contribution in [0.15, 0.2) is 0 Å². The topological polar surface area (TPSA) is 87.2 Å². The van der Waals surface area contributed by atoms with Crippen molar-refractivity contribution in [3.8, 4) is 0 Å². The van der Waals surface area contributed by atoms with E-state index in [-0.39, 0.29) is 32.0 Å². The monoisotopic (exact) mass is 258 g/mol. The number of ketones is 1. The molecule has 0 radical (unpaired) electrons. The quantitative estimate of drug-likeness (QED) is 0.694. The third kappa shape index (κ3) is 4.23. The van der Waals surface area contributed by atoms with Crippen molar-refractivity contribution in [1.82, 2.24) is 9.80 Å². The first-order valence-electron chi connectivity index (χ1n) is 5.66. The molecule has 102 valence electrons. The summed E-state index contributed by atoms with van der Waals surface area (Å²) in [5.41, 5.74) is -0.640. The predicted octanol–water partition coefficient (Wildman–Crippen LogP) is 0.786. The minimum Gasteiger partial charge on any atom is -0.465 e. The van der Waals surface area contributed by atoms with Gasteiger partial charge >= 0.3 is 12.2 Å². The van der Waals surface area contributed by atoms with Crippen LogP contribution >= 0.6 is 0 Å². The molecule has 0 saturated carbocycles. The predicted molar refractivity (Wildman–Crippen MR) is 62.4 cm³/mol. The van der Waals surface area contributed by atoms with Gasteiger partial charge in [0.2, 0.25) is 0 Å². The molecule has 1 heterocycles. The molecule has 0 bridgehead atoms. The molecular formula is C11H18N2O5. The Morgan fingerprint density at radius 2 is 1.67 bits per heavy atom. The molecule has 0 unspecified atom stereocenters. The van der Waals surface area contributed by atoms with Gasteiger partial charge in [-0.1, -0.05) is 0 Å². The zero-order chi connectivity index (χ0) is 13.9. The van der Waals surface area contributed by atoms with Gasteiger partial charge in [-0.05, 0) is 20.8 Å². The van der Waals surface area contributed by atoms with E-state index in [9.17, 15) is 14.4 Å². The third-order valence-corrected chi connectivity index (χ3v) is 2.30. The van der Waals surface area contributed by atoms with Crippen molar-refractivity contribution in [2.24, 2.45) is 0 Å². The van der Waals surface area contributed by atoms with E-state index < -0.39 is 17.8 Å². The Morgan fingerprint density at radius 3 is 2.17 bits per heavy atom. The van der Waals surface area contributed by atoms with Gasteiger partial charge in [0.15, 0.2) is 5.78 Å². The number of hydrogen-bond donors (Lipinski definition) is 1. The maximum Gasteiger partial charge on any atom is 0.410 e. The highest BCUT2D eigenvalue weighted by atomic mass is 16.6. The minimum absolute atomic E-state index is 0.111. The van der Waals surface area contributed by atoms with Crippen LogP contribution in [0.3, 0.4) is 0 Å². The Balaban J connectivity index is 2.66. The Hall–Kier alpha value is -1.79. The van der Waals surface area contributed by atoms with Crippen LogP contribution in [0.25, 0.3) is 0 Å². The molecule has 0 atom stereocenters. The zero-order valence-corrected chi connectivity index (χ0v) is 10.8. The smallest absolute Gasteiger partial charge is 0.410 e. The molecule has 7 nitrogen and oxygen atoms in total. The molecule has 0 aromatic heterocycles. The fourth-order valence-corrected chi connectivity index (χ4v) is 1.52. The Kier molecular flexibility index (Phi) is 4.15. The molecule has 7 heteroatoms. The van der Waals surface area contributed by atoms with Crippen LogP contribution in [0.5, 0.6) is 0 Å². The molecule has 1 N–H and O–H groups in total. The van der Waals surface area contributed by atoms with E-state index in [0.717, 1.165) is 4.90 Å². The highest BCUT2D eigenvalue weighted by Crippen LogP contribution is 2.11. The summed E-state index contributed by atoms with van der Waals surface area (Å²) in [5, 5.41) is 8.83. The second-order valence-electron chi connectivity index (χ2n) is 5.14. The number of nitrogens with zero attached hydrogens (tertiary/aromatic N) is 2. The second-order valence-corrected chi connectivity index (χ2v) is 5.14. The summed E-state index contributed by atoms with van der Waals surface area (Å²) < 4.78 is 5.15. The van der Waals surface area contributed by atoms with Crippen molar-refractivity contribution in [1.29, 1.82) is 0 Å². The number of carbonyl (C=O) groups is 3. The fraction of sp³-hybridized carbons (Fsp3) is 0.727. The number of hydrogen-bond acceptors (Lipinski definition) is 4. The summed E-state index contributed by atoms with van der Waals surface area (Å²) in [6.45, 7) is 5.16. The number of Topliss-reactive ketones (excluding diaryl/α,β-unsaturated/α-hetero) is 1. The number of rotatable bonds is 0. The molecule has 1 fully saturated rings. The van der Waals surface area contributed by atoms with E-state index in [1.165, 1.54) is 4.90 Å². The van der Waals surface area contributed by atoms with Gasteiger partial charge in [-0.2, -0.15) is 0 Å². The first-order valence-corrected chi connectivity index (χ1v) is 5.66. The summed E-state index contributed by atoms with van der Waals surface area (Å²) in [4.78, 5) is 36.3. The van der Waals surface area contributed by atoms with E-state index in [0.29, 0.717) is 0 Å². The first-order chi connectivity index (χ1) is 8.19. The van der Waals surface area contributed by atoms with Gasteiger partial charge in [0.25, 0.3) is 0 Å². The number of ether oxygens (including phenoxy) is 1. The Bertz CT molecular complexity index is 361. The number of carbonyl (C=O) groups excluding carboxylic acids is 2. The van der Waals surface area contributed by atoms with Crippen LogP contribution in [-0.4, -0.2) is 64.7 Å². The van der Waals surface area contributed by atoms with Crippen LogP contribution < -0.4 is 0 Å². The van der Waals surface area contributed by atoms with E-state index in [1.807, 2.05) is 0 Å². The van der Waals surface area contributed by atoms with Gasteiger partial charge in [-0.25, -0.2) is 9.59 Å². The second kappa shape index (κ2) is 5.24. The molecule has 0 aliphatic carbocycles. The van der Waals surface area contributed by atoms with E-state index in [2.05, 4.69) is 0 Å². The van der Waals surface area contributed by atoms with Crippen LogP contribution in [0.2, 0.25) is 0 Å². The molecule has 1 aliphatic rings. The van der Waals surface area contributed by atoms with Gasteiger partial charge < -0.3 is 9.84 Å². The molecule has 1 aliphatic heterocycles. The van der Waals surface area contributed by atoms with Crippen molar-refractivity contribution in [3.05, 3.63) is 0 Å². The normalized spacial score (nSPS) is 17.4. The lowest BCUT2D eigenvalue weighted by Gasteiger charge is -2.25. The Morgan fingerprint density at radius 1 is 1.17 bits per heavy atom. The standard InChI is InChI=1S/C11H18N2O5/c1-11(2,3)18-10(17)13-5-4-12(9(15)16)6-8(14)7-13/h4-7H2,1-3H3,(H,15,16). The molecule has 0 spiro atoms. The third-order valence-electron chi connectivity index (χ3n) is 2.30. The van der Waals surface area contributed by atoms with Crippen LogP contribution in [0, 0.1) is 0 Å². The lowest BCUT2D eigenvalue weighted by molar-refractivity contribution is -0.119. The maximum absolute atomic E-state index is 11.8. The van der Waals surface area contributed by atoms with Gasteiger partial charge in [0.05, 0.1) is 13.1 Å². The zero-order valence-electron chi connectivity index (χ0n) is 10.8. The summed E-state index contributed by atoms with van der Waals surface area (Å²) in [5.74, 6) is -0.319. The SMILES string of the molecule is CC(C)(C)OC(=O)N1CCN(C(=O)O)CC(=O)C1. The highest BCUT2D eigenvalue weighted by molar-refractivity contribution is 5.88. The first kappa shape index (κ1) is 14.3. The molecule has 2 amide bonds. The largest absolute Gasteiger partial charge is 0.465 e.